The molecule has 3 saturated carbocycles. The number of rotatable bonds is 4. The Kier molecular flexibility index (Phi) is 6.29. The predicted octanol–water partition coefficient (Wildman–Crippen LogP) is 6.11. The highest BCUT2D eigenvalue weighted by atomic mass is 31.2. The van der Waals surface area contributed by atoms with Gasteiger partial charge in [-0.25, -0.2) is 0 Å². The van der Waals surface area contributed by atoms with E-state index >= 15 is 0 Å². The van der Waals surface area contributed by atoms with Crippen molar-refractivity contribution in [1.29, 1.82) is 0 Å². The Balaban J connectivity index is 1.61. The summed E-state index contributed by atoms with van der Waals surface area (Å²) in [6, 6.07) is 0. The first-order valence-corrected chi connectivity index (χ1v) is 14.3. The molecule has 3 atom stereocenters. The molecule has 0 spiro atoms. The summed E-state index contributed by atoms with van der Waals surface area (Å²) in [6.45, 7) is 7.61. The van der Waals surface area contributed by atoms with Crippen LogP contribution in [0.1, 0.15) is 90.4 Å². The van der Waals surface area contributed by atoms with E-state index in [9.17, 15) is 0 Å². The molecule has 148 valence electrons. The first-order chi connectivity index (χ1) is 12.7. The summed E-state index contributed by atoms with van der Waals surface area (Å²) in [6.07, 6.45) is 19.7. The molecule has 3 unspecified atom stereocenters. The third-order valence-corrected chi connectivity index (χ3v) is 15.1. The van der Waals surface area contributed by atoms with E-state index in [-0.39, 0.29) is 0 Å². The average molecular weight is 378 g/mol. The van der Waals surface area contributed by atoms with E-state index in [1.807, 2.05) is 0 Å². The number of nitrogens with one attached hydrogen (secondary N) is 1. The lowest BCUT2D eigenvalue weighted by Crippen LogP contribution is -2.44. The van der Waals surface area contributed by atoms with E-state index in [0.717, 1.165) is 41.9 Å². The Bertz CT molecular complexity index is 472. The highest BCUT2D eigenvalue weighted by Crippen LogP contribution is 2.75. The van der Waals surface area contributed by atoms with Gasteiger partial charge < -0.3 is 5.32 Å². The summed E-state index contributed by atoms with van der Waals surface area (Å²) in [5, 5.41) is 3.65. The maximum absolute atomic E-state index is 4.87. The molecule has 26 heavy (non-hydrogen) atoms. The largest absolute Gasteiger partial charge is 0.372 e. The van der Waals surface area contributed by atoms with Crippen LogP contribution < -0.4 is 5.32 Å². The first-order valence-electron chi connectivity index (χ1n) is 11.8. The standard InChI is InChI=1S/C23H42N2P/c1-18-21(23-24-16-17-25-23)14-9-15-22(18)26(2,19-10-5-3-6-11-19)20-12-7-4-8-13-20/h18-22H,3-17H2,1-2H3,(H,24,25)/q+1. The number of hydrogen-bond acceptors (Lipinski definition) is 2. The van der Waals surface area contributed by atoms with Crippen LogP contribution in [0.25, 0.3) is 0 Å². The summed E-state index contributed by atoms with van der Waals surface area (Å²) in [5.74, 6) is 2.99. The molecule has 0 radical (unpaired) electrons. The van der Waals surface area contributed by atoms with Gasteiger partial charge in [-0.3, -0.25) is 4.99 Å². The summed E-state index contributed by atoms with van der Waals surface area (Å²) < 4.78 is 0. The Hall–Kier alpha value is -0.100. The van der Waals surface area contributed by atoms with Gasteiger partial charge in [0.05, 0.1) is 29.4 Å². The number of nitrogens with zero attached hydrogens (tertiary/aromatic N) is 1. The summed E-state index contributed by atoms with van der Waals surface area (Å²) in [4.78, 5) is 4.87. The number of amidine groups is 1. The fraction of sp³-hybridized carbons (Fsp3) is 0.957. The lowest BCUT2D eigenvalue weighted by atomic mass is 9.79. The van der Waals surface area contributed by atoms with E-state index in [1.54, 1.807) is 25.7 Å². The van der Waals surface area contributed by atoms with Gasteiger partial charge in [0.1, 0.15) is 0 Å². The van der Waals surface area contributed by atoms with Crippen LogP contribution >= 0.6 is 7.26 Å². The Morgan fingerprint density at radius 2 is 1.42 bits per heavy atom. The summed E-state index contributed by atoms with van der Waals surface area (Å²) in [7, 11) is -0.912. The molecular formula is C23H42N2P+. The second-order valence-corrected chi connectivity index (χ2v) is 14.5. The van der Waals surface area contributed by atoms with Crippen LogP contribution in [0.5, 0.6) is 0 Å². The molecule has 0 aromatic heterocycles. The second kappa shape index (κ2) is 8.50. The second-order valence-electron chi connectivity index (χ2n) is 9.96. The minimum atomic E-state index is -0.912. The van der Waals surface area contributed by atoms with Crippen molar-refractivity contribution in [2.24, 2.45) is 16.8 Å². The van der Waals surface area contributed by atoms with Gasteiger partial charge in [0, 0.05) is 32.3 Å². The quantitative estimate of drug-likeness (QED) is 0.588. The molecule has 4 aliphatic rings. The van der Waals surface area contributed by atoms with Gasteiger partial charge in [-0.2, -0.15) is 0 Å². The molecule has 0 aromatic carbocycles. The third-order valence-electron chi connectivity index (χ3n) is 8.75. The number of hydrogen-bond donors (Lipinski definition) is 1. The van der Waals surface area contributed by atoms with Crippen LogP contribution in [0.2, 0.25) is 0 Å². The Morgan fingerprint density at radius 3 is 1.96 bits per heavy atom. The molecule has 1 aliphatic heterocycles. The number of aliphatic imine (C=N–C) groups is 1. The first kappa shape index (κ1) is 19.2. The lowest BCUT2D eigenvalue weighted by molar-refractivity contribution is 0.319. The van der Waals surface area contributed by atoms with Gasteiger partial charge in [0.15, 0.2) is 0 Å². The molecular weight excluding hydrogens is 335 g/mol. The maximum atomic E-state index is 4.87. The van der Waals surface area contributed by atoms with Crippen molar-refractivity contribution in [1.82, 2.24) is 5.32 Å². The monoisotopic (exact) mass is 377 g/mol. The lowest BCUT2D eigenvalue weighted by Gasteiger charge is -2.50. The maximum Gasteiger partial charge on any atom is 0.1000 e. The van der Waals surface area contributed by atoms with Crippen LogP contribution in [-0.2, 0) is 0 Å². The molecule has 3 heteroatoms. The van der Waals surface area contributed by atoms with E-state index in [0.29, 0.717) is 0 Å². The van der Waals surface area contributed by atoms with Crippen molar-refractivity contribution in [3.05, 3.63) is 0 Å². The van der Waals surface area contributed by atoms with Crippen molar-refractivity contribution in [3.63, 3.8) is 0 Å². The van der Waals surface area contributed by atoms with E-state index in [1.165, 1.54) is 63.6 Å². The van der Waals surface area contributed by atoms with E-state index in [2.05, 4.69) is 18.9 Å². The smallest absolute Gasteiger partial charge is 0.1000 e. The van der Waals surface area contributed by atoms with Crippen molar-refractivity contribution < 1.29 is 0 Å². The fourth-order valence-corrected chi connectivity index (χ4v) is 13.9. The third kappa shape index (κ3) is 3.61. The average Bonchev–Trinajstić information content (AvgIpc) is 3.23. The molecule has 2 nitrogen and oxygen atoms in total. The molecule has 0 amide bonds. The zero-order valence-corrected chi connectivity index (χ0v) is 18.3. The predicted molar refractivity (Wildman–Crippen MR) is 117 cm³/mol. The summed E-state index contributed by atoms with van der Waals surface area (Å²) >= 11 is 0. The van der Waals surface area contributed by atoms with Crippen LogP contribution in [0.3, 0.4) is 0 Å². The minimum Gasteiger partial charge on any atom is -0.372 e. The molecule has 0 bridgehead atoms. The molecule has 0 saturated heterocycles. The van der Waals surface area contributed by atoms with Gasteiger partial charge in [-0.05, 0) is 70.6 Å². The molecule has 0 aromatic rings. The van der Waals surface area contributed by atoms with Crippen molar-refractivity contribution in [3.8, 4) is 0 Å². The fourth-order valence-electron chi connectivity index (χ4n) is 7.29. The molecule has 1 N–H and O–H groups in total. The van der Waals surface area contributed by atoms with Crippen LogP contribution in [0.15, 0.2) is 4.99 Å². The minimum absolute atomic E-state index is 0.739. The highest BCUT2D eigenvalue weighted by Gasteiger charge is 2.57. The van der Waals surface area contributed by atoms with Crippen LogP contribution in [-0.4, -0.2) is 42.6 Å². The SMILES string of the molecule is CC1C(C2=NCCN2)CCCC1[P+](C)(C1CCCCC1)C1CCCCC1. The normalized spacial score (nSPS) is 35.2. The molecule has 3 fully saturated rings. The molecule has 1 heterocycles. The zero-order valence-electron chi connectivity index (χ0n) is 17.4. The van der Waals surface area contributed by atoms with Crippen molar-refractivity contribution in [2.75, 3.05) is 19.8 Å². The topological polar surface area (TPSA) is 24.4 Å². The Morgan fingerprint density at radius 1 is 0.808 bits per heavy atom. The summed E-state index contributed by atoms with van der Waals surface area (Å²) in [5.41, 5.74) is 3.23. The molecule has 4 rings (SSSR count). The van der Waals surface area contributed by atoms with E-state index < -0.39 is 7.26 Å². The van der Waals surface area contributed by atoms with Gasteiger partial charge in [-0.1, -0.05) is 19.8 Å². The zero-order chi connectivity index (χ0) is 18.0. The van der Waals surface area contributed by atoms with Crippen LogP contribution in [0.4, 0.5) is 0 Å². The molecule has 3 aliphatic carbocycles. The van der Waals surface area contributed by atoms with Gasteiger partial charge in [0.25, 0.3) is 0 Å². The highest BCUT2D eigenvalue weighted by molar-refractivity contribution is 7.77. The van der Waals surface area contributed by atoms with Gasteiger partial charge >= 0.3 is 0 Å². The van der Waals surface area contributed by atoms with Gasteiger partial charge in [0.2, 0.25) is 0 Å². The van der Waals surface area contributed by atoms with Crippen molar-refractivity contribution in [2.45, 2.75) is 107 Å². The van der Waals surface area contributed by atoms with Crippen molar-refractivity contribution >= 4 is 13.1 Å². The van der Waals surface area contributed by atoms with E-state index in [4.69, 9.17) is 4.99 Å². The Labute approximate surface area is 162 Å². The van der Waals surface area contributed by atoms with Gasteiger partial charge in [-0.15, -0.1) is 0 Å². The van der Waals surface area contributed by atoms with Crippen LogP contribution in [0, 0.1) is 11.8 Å².